The molecule has 2 aliphatic rings. The SMILES string of the molecule is CC(=O)N1CCCn2ccnc2C1C1CCN(CCc2ccccc2)CC1. The molecule has 27 heavy (non-hydrogen) atoms. The second-order valence-corrected chi connectivity index (χ2v) is 7.90. The molecule has 1 unspecified atom stereocenters. The van der Waals surface area contributed by atoms with Gasteiger partial charge in [-0.15, -0.1) is 0 Å². The Bertz CT molecular complexity index is 749. The van der Waals surface area contributed by atoms with Gasteiger partial charge >= 0.3 is 0 Å². The average Bonchev–Trinajstić information content (AvgIpc) is 3.07. The van der Waals surface area contributed by atoms with Crippen molar-refractivity contribution in [3.63, 3.8) is 0 Å². The number of nitrogens with zero attached hydrogens (tertiary/aromatic N) is 4. The Morgan fingerprint density at radius 2 is 1.89 bits per heavy atom. The molecule has 0 saturated carbocycles. The zero-order chi connectivity index (χ0) is 18.6. The van der Waals surface area contributed by atoms with Gasteiger partial charge in [0.2, 0.25) is 5.91 Å². The standard InChI is InChI=1S/C22H30N4O/c1-18(27)26-13-5-12-25-17-11-23-22(25)21(26)20-9-15-24(16-10-20)14-8-19-6-3-2-4-7-19/h2-4,6-7,11,17,20-21H,5,8-10,12-16H2,1H3. The van der Waals surface area contributed by atoms with E-state index in [1.807, 2.05) is 6.20 Å². The first-order valence-electron chi connectivity index (χ1n) is 10.3. The first kappa shape index (κ1) is 18.2. The van der Waals surface area contributed by atoms with Crippen LogP contribution in [0, 0.1) is 5.92 Å². The Hall–Kier alpha value is -2.14. The van der Waals surface area contributed by atoms with Crippen molar-refractivity contribution in [1.29, 1.82) is 0 Å². The van der Waals surface area contributed by atoms with Crippen LogP contribution in [0.15, 0.2) is 42.7 Å². The summed E-state index contributed by atoms with van der Waals surface area (Å²) in [5.74, 6) is 1.77. The summed E-state index contributed by atoms with van der Waals surface area (Å²) in [6.45, 7) is 6.86. The maximum absolute atomic E-state index is 12.3. The number of carbonyl (C=O) groups is 1. The molecular weight excluding hydrogens is 336 g/mol. The highest BCUT2D eigenvalue weighted by atomic mass is 16.2. The lowest BCUT2D eigenvalue weighted by Gasteiger charge is -2.39. The molecule has 1 fully saturated rings. The smallest absolute Gasteiger partial charge is 0.220 e. The monoisotopic (exact) mass is 366 g/mol. The molecule has 0 bridgehead atoms. The van der Waals surface area contributed by atoms with Crippen LogP contribution in [0.3, 0.4) is 0 Å². The van der Waals surface area contributed by atoms with Crippen LogP contribution in [0.5, 0.6) is 0 Å². The summed E-state index contributed by atoms with van der Waals surface area (Å²) in [6.07, 6.45) is 8.35. The lowest BCUT2D eigenvalue weighted by atomic mass is 9.87. The minimum atomic E-state index is 0.135. The van der Waals surface area contributed by atoms with Gasteiger partial charge in [0.25, 0.3) is 0 Å². The van der Waals surface area contributed by atoms with Crippen LogP contribution < -0.4 is 0 Å². The number of likely N-dealkylation sites (tertiary alicyclic amines) is 1. The number of amides is 1. The van der Waals surface area contributed by atoms with E-state index >= 15 is 0 Å². The van der Waals surface area contributed by atoms with Crippen LogP contribution in [0.4, 0.5) is 0 Å². The molecule has 0 aliphatic carbocycles. The largest absolute Gasteiger partial charge is 0.333 e. The van der Waals surface area contributed by atoms with Gasteiger partial charge in [0.15, 0.2) is 0 Å². The summed E-state index contributed by atoms with van der Waals surface area (Å²) in [7, 11) is 0. The molecule has 0 radical (unpaired) electrons. The minimum Gasteiger partial charge on any atom is -0.333 e. The Balaban J connectivity index is 1.41. The van der Waals surface area contributed by atoms with Gasteiger partial charge < -0.3 is 14.4 Å². The fourth-order valence-corrected chi connectivity index (χ4v) is 4.71. The van der Waals surface area contributed by atoms with Gasteiger partial charge in [-0.2, -0.15) is 0 Å². The number of benzene rings is 1. The van der Waals surface area contributed by atoms with Crippen LogP contribution in [0.1, 0.15) is 43.6 Å². The molecule has 1 amide bonds. The van der Waals surface area contributed by atoms with E-state index in [4.69, 9.17) is 0 Å². The summed E-state index contributed by atoms with van der Waals surface area (Å²) >= 11 is 0. The van der Waals surface area contributed by atoms with Gasteiger partial charge in [-0.3, -0.25) is 4.79 Å². The van der Waals surface area contributed by atoms with Crippen molar-refractivity contribution >= 4 is 5.91 Å². The first-order valence-corrected chi connectivity index (χ1v) is 10.3. The van der Waals surface area contributed by atoms with E-state index in [0.29, 0.717) is 5.92 Å². The molecule has 2 aliphatic heterocycles. The zero-order valence-corrected chi connectivity index (χ0v) is 16.3. The number of hydrogen-bond acceptors (Lipinski definition) is 3. The molecule has 4 rings (SSSR count). The third-order valence-corrected chi connectivity index (χ3v) is 6.19. The quantitative estimate of drug-likeness (QED) is 0.835. The summed E-state index contributed by atoms with van der Waals surface area (Å²) in [5, 5.41) is 0. The van der Waals surface area contributed by atoms with E-state index in [1.54, 1.807) is 6.92 Å². The lowest BCUT2D eigenvalue weighted by Crippen LogP contribution is -2.43. The van der Waals surface area contributed by atoms with Crippen molar-refractivity contribution in [2.45, 2.75) is 45.2 Å². The maximum atomic E-state index is 12.3. The van der Waals surface area contributed by atoms with Crippen LogP contribution in [-0.4, -0.2) is 51.4 Å². The molecule has 0 spiro atoms. The minimum absolute atomic E-state index is 0.135. The number of fused-ring (bicyclic) bond motifs is 1. The van der Waals surface area contributed by atoms with Gasteiger partial charge in [0.05, 0.1) is 6.04 Å². The molecule has 1 saturated heterocycles. The average molecular weight is 367 g/mol. The second-order valence-electron chi connectivity index (χ2n) is 7.90. The van der Waals surface area contributed by atoms with Gasteiger partial charge in [0, 0.05) is 39.0 Å². The Kier molecular flexibility index (Phi) is 5.58. The van der Waals surface area contributed by atoms with Gasteiger partial charge in [-0.25, -0.2) is 4.98 Å². The maximum Gasteiger partial charge on any atom is 0.220 e. The van der Waals surface area contributed by atoms with Crippen molar-refractivity contribution in [3.05, 3.63) is 54.1 Å². The Morgan fingerprint density at radius 1 is 1.11 bits per heavy atom. The van der Waals surface area contributed by atoms with E-state index in [0.717, 1.165) is 64.2 Å². The number of piperidine rings is 1. The highest BCUT2D eigenvalue weighted by Crippen LogP contribution is 2.36. The fraction of sp³-hybridized carbons (Fsp3) is 0.545. The summed E-state index contributed by atoms with van der Waals surface area (Å²) in [6, 6.07) is 10.9. The number of aryl methyl sites for hydroxylation is 1. The van der Waals surface area contributed by atoms with Crippen LogP contribution >= 0.6 is 0 Å². The van der Waals surface area contributed by atoms with Crippen molar-refractivity contribution in [1.82, 2.24) is 19.4 Å². The van der Waals surface area contributed by atoms with E-state index in [1.165, 1.54) is 5.56 Å². The fourth-order valence-electron chi connectivity index (χ4n) is 4.71. The van der Waals surface area contributed by atoms with Gasteiger partial charge in [-0.05, 0) is 50.3 Å². The number of aromatic nitrogens is 2. The zero-order valence-electron chi connectivity index (χ0n) is 16.3. The van der Waals surface area contributed by atoms with E-state index in [9.17, 15) is 4.79 Å². The lowest BCUT2D eigenvalue weighted by molar-refractivity contribution is -0.133. The van der Waals surface area contributed by atoms with Crippen molar-refractivity contribution in [2.24, 2.45) is 5.92 Å². The molecule has 5 heteroatoms. The van der Waals surface area contributed by atoms with Crippen LogP contribution in [0.2, 0.25) is 0 Å². The third-order valence-electron chi connectivity index (χ3n) is 6.19. The van der Waals surface area contributed by atoms with Crippen molar-refractivity contribution < 1.29 is 4.79 Å². The molecule has 1 aromatic heterocycles. The highest BCUT2D eigenvalue weighted by molar-refractivity contribution is 5.73. The normalized spacial score (nSPS) is 21.7. The molecule has 0 N–H and O–H groups in total. The molecule has 1 aromatic carbocycles. The van der Waals surface area contributed by atoms with E-state index in [-0.39, 0.29) is 11.9 Å². The highest BCUT2D eigenvalue weighted by Gasteiger charge is 2.36. The number of hydrogen-bond donors (Lipinski definition) is 0. The van der Waals surface area contributed by atoms with Crippen LogP contribution in [-0.2, 0) is 17.8 Å². The van der Waals surface area contributed by atoms with Crippen molar-refractivity contribution in [2.75, 3.05) is 26.2 Å². The predicted molar refractivity (Wildman–Crippen MR) is 106 cm³/mol. The predicted octanol–water partition coefficient (Wildman–Crippen LogP) is 3.13. The number of carbonyl (C=O) groups excluding carboxylic acids is 1. The van der Waals surface area contributed by atoms with Gasteiger partial charge in [0.1, 0.15) is 5.82 Å². The second kappa shape index (κ2) is 8.26. The Labute approximate surface area is 162 Å². The van der Waals surface area contributed by atoms with Gasteiger partial charge in [-0.1, -0.05) is 30.3 Å². The molecule has 3 heterocycles. The van der Waals surface area contributed by atoms with E-state index in [2.05, 4.69) is 55.9 Å². The third kappa shape index (κ3) is 4.08. The molecule has 2 aromatic rings. The molecule has 1 atom stereocenters. The molecule has 5 nitrogen and oxygen atoms in total. The summed E-state index contributed by atoms with van der Waals surface area (Å²) in [5.41, 5.74) is 1.41. The first-order chi connectivity index (χ1) is 13.2. The summed E-state index contributed by atoms with van der Waals surface area (Å²) < 4.78 is 2.26. The Morgan fingerprint density at radius 3 is 2.63 bits per heavy atom. The van der Waals surface area contributed by atoms with E-state index < -0.39 is 0 Å². The topological polar surface area (TPSA) is 41.4 Å². The molecule has 144 valence electrons. The summed E-state index contributed by atoms with van der Waals surface area (Å²) in [4.78, 5) is 21.6. The van der Waals surface area contributed by atoms with Crippen molar-refractivity contribution in [3.8, 4) is 0 Å². The molecular formula is C22H30N4O. The van der Waals surface area contributed by atoms with Crippen LogP contribution in [0.25, 0.3) is 0 Å². The number of imidazole rings is 1. The number of rotatable bonds is 4.